The number of aromatic carboxylic acids is 1. The van der Waals surface area contributed by atoms with Crippen molar-refractivity contribution >= 4 is 23.4 Å². The van der Waals surface area contributed by atoms with Crippen molar-refractivity contribution < 1.29 is 28.2 Å². The van der Waals surface area contributed by atoms with Gasteiger partial charge in [-0.15, -0.1) is 5.10 Å². The maximum atomic E-state index is 16.0. The number of Topliss-reactive ketones (excluding diaryl/α,β-unsaturated/α-hetero) is 1. The van der Waals surface area contributed by atoms with Gasteiger partial charge in [0, 0.05) is 29.0 Å². The van der Waals surface area contributed by atoms with E-state index >= 15 is 8.78 Å². The number of ketones is 1. The highest BCUT2D eigenvalue weighted by Gasteiger charge is 2.56. The zero-order valence-corrected chi connectivity index (χ0v) is 19.1. The van der Waals surface area contributed by atoms with Gasteiger partial charge in [0.15, 0.2) is 12.0 Å². The quantitative estimate of drug-likeness (QED) is 0.309. The van der Waals surface area contributed by atoms with Crippen molar-refractivity contribution in [1.29, 1.82) is 0 Å². The van der Waals surface area contributed by atoms with Crippen LogP contribution in [-0.4, -0.2) is 37.1 Å². The van der Waals surface area contributed by atoms with Crippen molar-refractivity contribution in [3.63, 3.8) is 0 Å². The minimum absolute atomic E-state index is 0.00295. The molecule has 2 aromatic carbocycles. The van der Waals surface area contributed by atoms with Crippen molar-refractivity contribution in [2.45, 2.75) is 24.7 Å². The highest BCUT2D eigenvalue weighted by Crippen LogP contribution is 2.48. The third-order valence-electron chi connectivity index (χ3n) is 6.11. The Morgan fingerprint density at radius 1 is 1.22 bits per heavy atom. The summed E-state index contributed by atoms with van der Waals surface area (Å²) in [4.78, 5) is 24.0. The first-order chi connectivity index (χ1) is 17.2. The van der Waals surface area contributed by atoms with Crippen molar-refractivity contribution in [1.82, 2.24) is 20.2 Å². The van der Waals surface area contributed by atoms with E-state index in [0.717, 1.165) is 6.20 Å². The number of hydrogen-bond acceptors (Lipinski definition) is 6. The molecule has 0 saturated carbocycles. The number of carbonyl (C=O) groups is 2. The fourth-order valence-electron chi connectivity index (χ4n) is 4.38. The van der Waals surface area contributed by atoms with E-state index in [2.05, 4.69) is 15.5 Å². The van der Waals surface area contributed by atoms with Crippen LogP contribution in [0.15, 0.2) is 61.1 Å². The van der Waals surface area contributed by atoms with Crippen LogP contribution in [0.4, 0.5) is 8.78 Å². The number of carbonyl (C=O) groups excluding carboxylic acids is 1. The van der Waals surface area contributed by atoms with Gasteiger partial charge in [-0.2, -0.15) is 9.41 Å². The Morgan fingerprint density at radius 2 is 1.97 bits per heavy atom. The normalized spacial score (nSPS) is 18.7. The number of fused-ring (bicyclic) bond motifs is 1. The molecule has 5 rings (SSSR count). The smallest absolute Gasteiger partial charge is 0.335 e. The summed E-state index contributed by atoms with van der Waals surface area (Å²) in [6, 6.07) is 11.4. The van der Waals surface area contributed by atoms with E-state index < -0.39 is 42.1 Å². The van der Waals surface area contributed by atoms with Gasteiger partial charge in [0.2, 0.25) is 5.69 Å². The lowest BCUT2D eigenvalue weighted by atomic mass is 9.91. The second-order valence-corrected chi connectivity index (χ2v) is 8.79. The summed E-state index contributed by atoms with van der Waals surface area (Å²) in [6.45, 7) is 0. The minimum atomic E-state index is -2.85. The van der Waals surface area contributed by atoms with Gasteiger partial charge in [0.1, 0.15) is 12.5 Å². The van der Waals surface area contributed by atoms with Gasteiger partial charge in [-0.3, -0.25) is 4.79 Å². The molecule has 1 aliphatic carbocycles. The van der Waals surface area contributed by atoms with Crippen molar-refractivity contribution in [2.75, 3.05) is 0 Å². The molecule has 2 atom stereocenters. The van der Waals surface area contributed by atoms with E-state index in [1.54, 1.807) is 12.1 Å². The molecule has 0 radical (unpaired) electrons. The number of hydrogen-bond donors (Lipinski definition) is 1. The molecule has 0 saturated heterocycles. The zero-order valence-electron chi connectivity index (χ0n) is 18.3. The van der Waals surface area contributed by atoms with E-state index in [-0.39, 0.29) is 21.4 Å². The summed E-state index contributed by atoms with van der Waals surface area (Å²) in [5, 5.41) is 33.4. The van der Waals surface area contributed by atoms with E-state index in [0.29, 0.717) is 21.8 Å². The molecule has 1 N–H and O–H groups in total. The van der Waals surface area contributed by atoms with E-state index in [9.17, 15) is 14.8 Å². The maximum absolute atomic E-state index is 16.0. The molecule has 1 aliphatic rings. The molecule has 2 unspecified atom stereocenters. The van der Waals surface area contributed by atoms with Crippen LogP contribution in [0.2, 0.25) is 5.02 Å². The molecule has 0 aliphatic heterocycles. The van der Waals surface area contributed by atoms with Crippen molar-refractivity contribution in [2.24, 2.45) is 0 Å². The lowest BCUT2D eigenvalue weighted by molar-refractivity contribution is -0.618. The van der Waals surface area contributed by atoms with Crippen LogP contribution in [-0.2, 0) is 16.9 Å². The molecular formula is C24H16ClF2N5O4. The Morgan fingerprint density at radius 3 is 2.64 bits per heavy atom. The molecule has 0 amide bonds. The number of pyridine rings is 1. The highest BCUT2D eigenvalue weighted by molar-refractivity contribution is 6.31. The Hall–Kier alpha value is -4.25. The molecule has 0 spiro atoms. The van der Waals surface area contributed by atoms with Gasteiger partial charge in [-0.25, -0.2) is 13.6 Å². The van der Waals surface area contributed by atoms with Gasteiger partial charge in [-0.05, 0) is 52.4 Å². The molecule has 36 heavy (non-hydrogen) atoms. The van der Waals surface area contributed by atoms with E-state index in [4.69, 9.17) is 16.7 Å². The summed E-state index contributed by atoms with van der Waals surface area (Å²) in [5.41, 5.74) is -2.26. The predicted molar refractivity (Wildman–Crippen MR) is 122 cm³/mol. The van der Waals surface area contributed by atoms with E-state index in [1.807, 2.05) is 0 Å². The third kappa shape index (κ3) is 3.97. The Balaban J connectivity index is 1.53. The van der Waals surface area contributed by atoms with Gasteiger partial charge < -0.3 is 10.3 Å². The van der Waals surface area contributed by atoms with Gasteiger partial charge in [0.25, 0.3) is 5.67 Å². The first-order valence-electron chi connectivity index (χ1n) is 10.7. The van der Waals surface area contributed by atoms with Crippen molar-refractivity contribution in [3.8, 4) is 16.8 Å². The Kier molecular flexibility index (Phi) is 5.71. The topological polar surface area (TPSA) is 125 Å². The number of alkyl halides is 2. The molecule has 12 heteroatoms. The number of benzene rings is 2. The monoisotopic (exact) mass is 511 g/mol. The van der Waals surface area contributed by atoms with Crippen LogP contribution < -0.4 is 4.73 Å². The number of tetrazole rings is 1. The standard InChI is InChI=1S/C24H16ClF2N5O4/c25-16-5-6-20(31-12-28-29-30-31)17(9-16)15-8-18-19(26)10-24(27,22(18)32(36)11-15)21(33)7-13-1-3-14(4-2-13)23(34)35/h1-6,8-9,11-12,19H,7,10H2,(H,34,35). The maximum Gasteiger partial charge on any atom is 0.335 e. The number of aromatic nitrogens is 5. The lowest BCUT2D eigenvalue weighted by Gasteiger charge is -2.18. The average Bonchev–Trinajstić information content (AvgIpc) is 3.46. The van der Waals surface area contributed by atoms with Crippen LogP contribution in [0.25, 0.3) is 16.8 Å². The number of nitrogens with zero attached hydrogens (tertiary/aromatic N) is 5. The summed E-state index contributed by atoms with van der Waals surface area (Å²) in [6.07, 6.45) is -0.798. The first-order valence-corrected chi connectivity index (χ1v) is 11.0. The van der Waals surface area contributed by atoms with Crippen molar-refractivity contribution in [3.05, 3.63) is 93.7 Å². The zero-order chi connectivity index (χ0) is 25.6. The van der Waals surface area contributed by atoms with E-state index in [1.165, 1.54) is 47.4 Å². The molecule has 4 aromatic rings. The van der Waals surface area contributed by atoms with Gasteiger partial charge in [0.05, 0.1) is 16.8 Å². The summed E-state index contributed by atoms with van der Waals surface area (Å²) < 4.78 is 32.7. The number of carboxylic acids is 1. The SMILES string of the molecule is O=C(O)c1ccc(CC(=O)C2(F)CC(F)c3cc(-c4cc(Cl)ccc4-n4cnnn4)c[n+]([O-])c32)cc1. The van der Waals surface area contributed by atoms with Crippen LogP contribution in [0.3, 0.4) is 0 Å². The molecule has 9 nitrogen and oxygen atoms in total. The molecular weight excluding hydrogens is 496 g/mol. The number of halogens is 3. The Labute approximate surface area is 207 Å². The van der Waals surface area contributed by atoms with Crippen LogP contribution in [0.1, 0.15) is 39.8 Å². The summed E-state index contributed by atoms with van der Waals surface area (Å²) >= 11 is 6.15. The fourth-order valence-corrected chi connectivity index (χ4v) is 4.55. The van der Waals surface area contributed by atoms with Crippen LogP contribution in [0.5, 0.6) is 0 Å². The van der Waals surface area contributed by atoms with Gasteiger partial charge >= 0.3 is 5.97 Å². The second-order valence-electron chi connectivity index (χ2n) is 8.35. The average molecular weight is 512 g/mol. The fraction of sp³-hybridized carbons (Fsp3) is 0.167. The largest absolute Gasteiger partial charge is 0.618 e. The van der Waals surface area contributed by atoms with Crippen LogP contribution >= 0.6 is 11.6 Å². The summed E-state index contributed by atoms with van der Waals surface area (Å²) in [5.74, 6) is -2.15. The van der Waals surface area contributed by atoms with Crippen LogP contribution in [0, 0.1) is 5.21 Å². The number of rotatable bonds is 6. The molecule has 0 fully saturated rings. The summed E-state index contributed by atoms with van der Waals surface area (Å²) in [7, 11) is 0. The third-order valence-corrected chi connectivity index (χ3v) is 6.34. The minimum Gasteiger partial charge on any atom is -0.618 e. The molecule has 2 heterocycles. The predicted octanol–water partition coefficient (Wildman–Crippen LogP) is 3.71. The first kappa shape index (κ1) is 23.5. The lowest BCUT2D eigenvalue weighted by Crippen LogP contribution is -2.43. The van der Waals surface area contributed by atoms with Gasteiger partial charge in [-0.1, -0.05) is 23.7 Å². The highest BCUT2D eigenvalue weighted by atomic mass is 35.5. The second kappa shape index (κ2) is 8.76. The molecule has 182 valence electrons. The number of carboxylic acid groups (broad SMARTS) is 1. The Bertz CT molecular complexity index is 1500. The molecule has 0 bridgehead atoms. The molecule has 2 aromatic heterocycles.